The van der Waals surface area contributed by atoms with Gasteiger partial charge in [-0.1, -0.05) is 36.4 Å². The van der Waals surface area contributed by atoms with E-state index in [1.807, 2.05) is 0 Å². The predicted molar refractivity (Wildman–Crippen MR) is 73.3 cm³/mol. The molecule has 2 aliphatic rings. The van der Waals surface area contributed by atoms with Crippen LogP contribution in [0.15, 0.2) is 36.4 Å². The molecule has 1 aromatic carbocycles. The number of halogens is 1. The van der Waals surface area contributed by atoms with Gasteiger partial charge in [-0.3, -0.25) is 0 Å². The summed E-state index contributed by atoms with van der Waals surface area (Å²) >= 11 is 0. The lowest BCUT2D eigenvalue weighted by molar-refractivity contribution is 0.296. The van der Waals surface area contributed by atoms with Crippen LogP contribution in [0.5, 0.6) is 0 Å². The van der Waals surface area contributed by atoms with Crippen molar-refractivity contribution in [3.63, 3.8) is 0 Å². The first kappa shape index (κ1) is 12.0. The van der Waals surface area contributed by atoms with Crippen LogP contribution in [0.25, 0.3) is 0 Å². The summed E-state index contributed by atoms with van der Waals surface area (Å²) in [7, 11) is 0. The van der Waals surface area contributed by atoms with Crippen LogP contribution in [0.3, 0.4) is 0 Å². The van der Waals surface area contributed by atoms with E-state index in [9.17, 15) is 4.39 Å². The van der Waals surface area contributed by atoms with E-state index < -0.39 is 6.17 Å². The molecule has 0 aliphatic heterocycles. The van der Waals surface area contributed by atoms with Crippen LogP contribution in [0.1, 0.15) is 36.8 Å². The molecular weight excluding hydrogens is 223 g/mol. The summed E-state index contributed by atoms with van der Waals surface area (Å²) in [5.41, 5.74) is 3.03. The molecule has 3 rings (SSSR count). The SMILES string of the molecule is FC1CCCC1/C=C/CC1Cc2ccccc2C1. The largest absolute Gasteiger partial charge is 0.247 e. The molecule has 0 spiro atoms. The molecule has 2 aliphatic carbocycles. The van der Waals surface area contributed by atoms with Gasteiger partial charge in [0, 0.05) is 5.92 Å². The van der Waals surface area contributed by atoms with Crippen LogP contribution in [-0.2, 0) is 12.8 Å². The van der Waals surface area contributed by atoms with Crippen molar-refractivity contribution in [3.8, 4) is 0 Å². The summed E-state index contributed by atoms with van der Waals surface area (Å²) in [6, 6.07) is 8.74. The van der Waals surface area contributed by atoms with E-state index in [2.05, 4.69) is 36.4 Å². The molecule has 2 atom stereocenters. The lowest BCUT2D eigenvalue weighted by Gasteiger charge is -2.08. The van der Waals surface area contributed by atoms with Crippen LogP contribution >= 0.6 is 0 Å². The van der Waals surface area contributed by atoms with Gasteiger partial charge in [-0.15, -0.1) is 0 Å². The Morgan fingerprint density at radius 2 is 1.83 bits per heavy atom. The molecule has 1 fully saturated rings. The Balaban J connectivity index is 1.52. The van der Waals surface area contributed by atoms with Crippen LogP contribution in [0.4, 0.5) is 4.39 Å². The number of allylic oxidation sites excluding steroid dienone is 2. The van der Waals surface area contributed by atoms with Crippen LogP contribution in [0, 0.1) is 11.8 Å². The Kier molecular flexibility index (Phi) is 3.49. The summed E-state index contributed by atoms with van der Waals surface area (Å²) in [5, 5.41) is 0. The third kappa shape index (κ3) is 2.50. The molecule has 1 saturated carbocycles. The van der Waals surface area contributed by atoms with Crippen LogP contribution < -0.4 is 0 Å². The quantitative estimate of drug-likeness (QED) is 0.687. The van der Waals surface area contributed by atoms with Crippen LogP contribution in [0.2, 0.25) is 0 Å². The van der Waals surface area contributed by atoms with Gasteiger partial charge in [-0.25, -0.2) is 4.39 Å². The van der Waals surface area contributed by atoms with Gasteiger partial charge >= 0.3 is 0 Å². The number of rotatable bonds is 3. The predicted octanol–water partition coefficient (Wildman–Crippen LogP) is 4.49. The van der Waals surface area contributed by atoms with E-state index >= 15 is 0 Å². The van der Waals surface area contributed by atoms with Gasteiger partial charge in [-0.2, -0.15) is 0 Å². The fourth-order valence-corrected chi connectivity index (χ4v) is 3.42. The van der Waals surface area contributed by atoms with E-state index in [1.165, 1.54) is 24.0 Å². The summed E-state index contributed by atoms with van der Waals surface area (Å²) < 4.78 is 13.5. The summed E-state index contributed by atoms with van der Waals surface area (Å²) in [6.07, 6.45) is 10.2. The topological polar surface area (TPSA) is 0 Å². The Labute approximate surface area is 109 Å². The fourth-order valence-electron chi connectivity index (χ4n) is 3.42. The number of benzene rings is 1. The van der Waals surface area contributed by atoms with Crippen molar-refractivity contribution >= 4 is 0 Å². The highest BCUT2D eigenvalue weighted by molar-refractivity contribution is 5.32. The van der Waals surface area contributed by atoms with Crippen molar-refractivity contribution in [3.05, 3.63) is 47.5 Å². The van der Waals surface area contributed by atoms with Gasteiger partial charge in [0.15, 0.2) is 0 Å². The lowest BCUT2D eigenvalue weighted by Crippen LogP contribution is -2.04. The maximum atomic E-state index is 13.5. The van der Waals surface area contributed by atoms with Gasteiger partial charge < -0.3 is 0 Å². The number of hydrogen-bond acceptors (Lipinski definition) is 0. The van der Waals surface area contributed by atoms with Gasteiger partial charge in [-0.05, 0) is 55.6 Å². The molecule has 0 bridgehead atoms. The highest BCUT2D eigenvalue weighted by Crippen LogP contribution is 2.31. The minimum Gasteiger partial charge on any atom is -0.247 e. The van der Waals surface area contributed by atoms with Gasteiger partial charge in [0.25, 0.3) is 0 Å². The Hall–Kier alpha value is -1.11. The van der Waals surface area contributed by atoms with E-state index in [4.69, 9.17) is 0 Å². The molecular formula is C17H21F. The zero-order valence-electron chi connectivity index (χ0n) is 10.8. The second-order valence-electron chi connectivity index (χ2n) is 5.82. The Morgan fingerprint density at radius 1 is 1.11 bits per heavy atom. The summed E-state index contributed by atoms with van der Waals surface area (Å²) in [6.45, 7) is 0. The smallest absolute Gasteiger partial charge is 0.106 e. The monoisotopic (exact) mass is 244 g/mol. The Bertz CT molecular complexity index is 410. The van der Waals surface area contributed by atoms with Crippen LogP contribution in [-0.4, -0.2) is 6.17 Å². The Morgan fingerprint density at radius 3 is 2.44 bits per heavy atom. The second kappa shape index (κ2) is 5.26. The standard InChI is InChI=1S/C17H21F/c18-17-10-4-9-14(17)8-3-5-13-11-15-6-1-2-7-16(15)12-13/h1-3,6-8,13-14,17H,4-5,9-12H2/b8-3+. The molecule has 0 N–H and O–H groups in total. The zero-order valence-corrected chi connectivity index (χ0v) is 10.8. The molecule has 2 unspecified atom stereocenters. The van der Waals surface area contributed by atoms with Crippen molar-refractivity contribution in [1.29, 1.82) is 0 Å². The highest BCUT2D eigenvalue weighted by atomic mass is 19.1. The average Bonchev–Trinajstić information content (AvgIpc) is 2.96. The van der Waals surface area contributed by atoms with Crippen molar-refractivity contribution in [2.45, 2.75) is 44.7 Å². The summed E-state index contributed by atoms with van der Waals surface area (Å²) in [5.74, 6) is 0.937. The third-order valence-electron chi connectivity index (χ3n) is 4.47. The normalized spacial score (nSPS) is 28.1. The number of alkyl halides is 1. The average molecular weight is 244 g/mol. The first-order chi connectivity index (χ1) is 8.83. The van der Waals surface area contributed by atoms with Crippen molar-refractivity contribution in [1.82, 2.24) is 0 Å². The molecule has 96 valence electrons. The molecule has 1 heteroatoms. The molecule has 0 amide bonds. The molecule has 1 aromatic rings. The van der Waals surface area contributed by atoms with Crippen molar-refractivity contribution in [2.24, 2.45) is 11.8 Å². The molecule has 0 radical (unpaired) electrons. The lowest BCUT2D eigenvalue weighted by atomic mass is 9.99. The zero-order chi connectivity index (χ0) is 12.4. The van der Waals surface area contributed by atoms with E-state index in [0.29, 0.717) is 0 Å². The van der Waals surface area contributed by atoms with E-state index in [1.54, 1.807) is 0 Å². The minimum atomic E-state index is -0.581. The van der Waals surface area contributed by atoms with E-state index in [0.717, 1.165) is 31.6 Å². The minimum absolute atomic E-state index is 0.203. The van der Waals surface area contributed by atoms with Gasteiger partial charge in [0.1, 0.15) is 6.17 Å². The van der Waals surface area contributed by atoms with Gasteiger partial charge in [0.2, 0.25) is 0 Å². The molecule has 0 aromatic heterocycles. The molecule has 0 nitrogen and oxygen atoms in total. The summed E-state index contributed by atoms with van der Waals surface area (Å²) in [4.78, 5) is 0. The maximum Gasteiger partial charge on any atom is 0.106 e. The third-order valence-corrected chi connectivity index (χ3v) is 4.47. The maximum absolute atomic E-state index is 13.5. The molecule has 0 heterocycles. The number of hydrogen-bond donors (Lipinski definition) is 0. The second-order valence-corrected chi connectivity index (χ2v) is 5.82. The van der Waals surface area contributed by atoms with Crippen molar-refractivity contribution in [2.75, 3.05) is 0 Å². The highest BCUT2D eigenvalue weighted by Gasteiger charge is 2.24. The van der Waals surface area contributed by atoms with Gasteiger partial charge in [0.05, 0.1) is 0 Å². The first-order valence-corrected chi connectivity index (χ1v) is 7.20. The fraction of sp³-hybridized carbons (Fsp3) is 0.529. The molecule has 18 heavy (non-hydrogen) atoms. The first-order valence-electron chi connectivity index (χ1n) is 7.20. The van der Waals surface area contributed by atoms with Crippen molar-refractivity contribution < 1.29 is 4.39 Å². The number of fused-ring (bicyclic) bond motifs is 1. The molecule has 0 saturated heterocycles. The van der Waals surface area contributed by atoms with E-state index in [-0.39, 0.29) is 5.92 Å².